The van der Waals surface area contributed by atoms with Crippen molar-refractivity contribution in [2.24, 2.45) is 7.05 Å². The lowest BCUT2D eigenvalue weighted by Gasteiger charge is -2.24. The van der Waals surface area contributed by atoms with Gasteiger partial charge in [-0.05, 0) is 12.8 Å². The van der Waals surface area contributed by atoms with Crippen molar-refractivity contribution in [3.8, 4) is 0 Å². The van der Waals surface area contributed by atoms with E-state index in [1.54, 1.807) is 4.57 Å². The Balaban J connectivity index is 2.10. The van der Waals surface area contributed by atoms with E-state index >= 15 is 0 Å². The number of aromatic nitrogens is 4. The molecule has 0 aromatic carbocycles. The van der Waals surface area contributed by atoms with E-state index in [1.807, 2.05) is 0 Å². The van der Waals surface area contributed by atoms with E-state index in [-0.39, 0.29) is 23.8 Å². The maximum absolute atomic E-state index is 12.2. The molecule has 0 spiro atoms. The highest BCUT2D eigenvalue weighted by Gasteiger charge is 2.22. The highest BCUT2D eigenvalue weighted by molar-refractivity contribution is 5.74. The number of aliphatic hydroxyl groups excluding tert-OH is 2. The van der Waals surface area contributed by atoms with Crippen LogP contribution in [0.4, 0.5) is 5.95 Å². The van der Waals surface area contributed by atoms with Crippen LogP contribution < -0.4 is 16.6 Å². The molecule has 1 fully saturated rings. The fraction of sp³-hybridized carbons (Fsp3) is 0.667. The van der Waals surface area contributed by atoms with Crippen molar-refractivity contribution in [3.05, 3.63) is 20.8 Å². The third-order valence-corrected chi connectivity index (χ3v) is 4.55. The van der Waals surface area contributed by atoms with Gasteiger partial charge in [-0.15, -0.1) is 0 Å². The molecule has 24 heavy (non-hydrogen) atoms. The Morgan fingerprint density at radius 1 is 1.33 bits per heavy atom. The molecule has 0 aliphatic heterocycles. The van der Waals surface area contributed by atoms with Crippen molar-refractivity contribution in [1.29, 1.82) is 0 Å². The molecular formula is C15H23N5O4. The van der Waals surface area contributed by atoms with Crippen molar-refractivity contribution >= 4 is 17.1 Å². The van der Waals surface area contributed by atoms with Gasteiger partial charge in [-0.25, -0.2) is 4.79 Å². The van der Waals surface area contributed by atoms with Crippen LogP contribution in [0, 0.1) is 0 Å². The van der Waals surface area contributed by atoms with Crippen LogP contribution in [-0.2, 0) is 13.6 Å². The molecular weight excluding hydrogens is 314 g/mol. The van der Waals surface area contributed by atoms with Crippen LogP contribution in [0.2, 0.25) is 0 Å². The van der Waals surface area contributed by atoms with E-state index in [4.69, 9.17) is 5.11 Å². The number of aromatic amines is 1. The van der Waals surface area contributed by atoms with Crippen LogP contribution in [0.5, 0.6) is 0 Å². The summed E-state index contributed by atoms with van der Waals surface area (Å²) in [5.74, 6) is 0.441. The first-order valence-electron chi connectivity index (χ1n) is 8.26. The number of H-pyrrole nitrogens is 1. The van der Waals surface area contributed by atoms with E-state index in [1.165, 1.54) is 18.0 Å². The molecule has 1 aliphatic carbocycles. The summed E-state index contributed by atoms with van der Waals surface area (Å²) in [5.41, 5.74) is -0.624. The number of nitrogens with one attached hydrogen (secondary N) is 2. The van der Waals surface area contributed by atoms with Gasteiger partial charge >= 0.3 is 5.69 Å². The van der Waals surface area contributed by atoms with Crippen LogP contribution in [0.25, 0.3) is 11.2 Å². The highest BCUT2D eigenvalue weighted by atomic mass is 16.3. The Bertz CT molecular complexity index is 831. The van der Waals surface area contributed by atoms with E-state index in [9.17, 15) is 14.7 Å². The molecule has 0 bridgehead atoms. The third-order valence-electron chi connectivity index (χ3n) is 4.55. The van der Waals surface area contributed by atoms with Crippen molar-refractivity contribution in [2.75, 3.05) is 11.9 Å². The van der Waals surface area contributed by atoms with Crippen molar-refractivity contribution in [2.45, 2.75) is 50.8 Å². The smallest absolute Gasteiger partial charge is 0.329 e. The minimum atomic E-state index is -1.02. The number of hydrogen-bond donors (Lipinski definition) is 4. The Hall–Kier alpha value is -2.13. The van der Waals surface area contributed by atoms with Gasteiger partial charge in [-0.2, -0.15) is 4.98 Å². The maximum Gasteiger partial charge on any atom is 0.329 e. The summed E-state index contributed by atoms with van der Waals surface area (Å²) in [6, 6.07) is 0.247. The number of imidazole rings is 1. The number of aliphatic hydroxyl groups is 2. The number of anilines is 1. The molecule has 132 valence electrons. The summed E-state index contributed by atoms with van der Waals surface area (Å²) >= 11 is 0. The summed E-state index contributed by atoms with van der Waals surface area (Å²) in [5, 5.41) is 22.3. The summed E-state index contributed by atoms with van der Waals surface area (Å²) in [7, 11) is 1.53. The van der Waals surface area contributed by atoms with Gasteiger partial charge in [-0.1, -0.05) is 19.3 Å². The molecule has 9 heteroatoms. The van der Waals surface area contributed by atoms with Crippen LogP contribution in [0.15, 0.2) is 9.59 Å². The molecule has 2 aromatic heterocycles. The van der Waals surface area contributed by atoms with E-state index in [2.05, 4.69) is 15.3 Å². The SMILES string of the molecule is Cn1c(=O)[nH]c(=O)c2c1nc(NC1CCCCC1)n2C[C@@H](O)CO. The number of rotatable bonds is 5. The molecule has 1 aliphatic rings. The predicted octanol–water partition coefficient (Wildman–Crippen LogP) is -0.479. The minimum absolute atomic E-state index is 0.0172. The molecule has 0 unspecified atom stereocenters. The Kier molecular flexibility index (Phi) is 4.72. The van der Waals surface area contributed by atoms with E-state index in [0.717, 1.165) is 25.7 Å². The van der Waals surface area contributed by atoms with E-state index in [0.29, 0.717) is 5.95 Å². The van der Waals surface area contributed by atoms with E-state index < -0.39 is 24.0 Å². The Labute approximate surface area is 138 Å². The molecule has 4 N–H and O–H groups in total. The average Bonchev–Trinajstić information content (AvgIpc) is 2.92. The Morgan fingerprint density at radius 3 is 2.71 bits per heavy atom. The average molecular weight is 337 g/mol. The predicted molar refractivity (Wildman–Crippen MR) is 89.2 cm³/mol. The number of nitrogens with zero attached hydrogens (tertiary/aromatic N) is 3. The van der Waals surface area contributed by atoms with Crippen LogP contribution in [0.3, 0.4) is 0 Å². The Morgan fingerprint density at radius 2 is 2.04 bits per heavy atom. The van der Waals surface area contributed by atoms with Crippen LogP contribution >= 0.6 is 0 Å². The summed E-state index contributed by atoms with van der Waals surface area (Å²) in [6.07, 6.45) is 4.49. The third kappa shape index (κ3) is 3.09. The topological polar surface area (TPSA) is 125 Å². The van der Waals surface area contributed by atoms with Crippen molar-refractivity contribution < 1.29 is 10.2 Å². The monoisotopic (exact) mass is 337 g/mol. The lowest BCUT2D eigenvalue weighted by atomic mass is 9.96. The molecule has 0 radical (unpaired) electrons. The summed E-state index contributed by atoms with van der Waals surface area (Å²) in [6.45, 7) is -0.407. The fourth-order valence-corrected chi connectivity index (χ4v) is 3.22. The van der Waals surface area contributed by atoms with Crippen LogP contribution in [0.1, 0.15) is 32.1 Å². The van der Waals surface area contributed by atoms with Gasteiger partial charge in [0.1, 0.15) is 0 Å². The summed E-state index contributed by atoms with van der Waals surface area (Å²) in [4.78, 5) is 30.7. The molecule has 0 saturated heterocycles. The lowest BCUT2D eigenvalue weighted by Crippen LogP contribution is -2.31. The lowest BCUT2D eigenvalue weighted by molar-refractivity contribution is 0.0824. The molecule has 2 heterocycles. The second-order valence-corrected chi connectivity index (χ2v) is 6.35. The zero-order valence-corrected chi connectivity index (χ0v) is 13.7. The van der Waals surface area contributed by atoms with Gasteiger partial charge in [0.2, 0.25) is 5.95 Å². The fourth-order valence-electron chi connectivity index (χ4n) is 3.22. The maximum atomic E-state index is 12.2. The first kappa shape index (κ1) is 16.7. The molecule has 2 aromatic rings. The molecule has 9 nitrogen and oxygen atoms in total. The van der Waals surface area contributed by atoms with Gasteiger partial charge in [0.05, 0.1) is 19.3 Å². The minimum Gasteiger partial charge on any atom is -0.394 e. The van der Waals surface area contributed by atoms with Gasteiger partial charge < -0.3 is 20.1 Å². The van der Waals surface area contributed by atoms with Gasteiger partial charge in [0, 0.05) is 13.1 Å². The van der Waals surface area contributed by atoms with Gasteiger partial charge in [-0.3, -0.25) is 14.3 Å². The quantitative estimate of drug-likeness (QED) is 0.584. The number of aryl methyl sites for hydroxylation is 1. The standard InChI is InChI=1S/C15H23N5O4/c1-19-12-11(13(23)18-15(19)24)20(7-10(22)8-21)14(17-12)16-9-5-3-2-4-6-9/h9-10,21-22H,2-8H2,1H3,(H,16,17)(H,18,23,24)/t10-/m1/s1. The molecule has 3 rings (SSSR count). The second kappa shape index (κ2) is 6.78. The van der Waals surface area contributed by atoms with Gasteiger partial charge in [0.15, 0.2) is 11.2 Å². The van der Waals surface area contributed by atoms with Crippen molar-refractivity contribution in [1.82, 2.24) is 19.1 Å². The molecule has 0 amide bonds. The zero-order chi connectivity index (χ0) is 17.3. The zero-order valence-electron chi connectivity index (χ0n) is 13.7. The van der Waals surface area contributed by atoms with Gasteiger partial charge in [0.25, 0.3) is 5.56 Å². The number of hydrogen-bond acceptors (Lipinski definition) is 6. The van der Waals surface area contributed by atoms with Crippen molar-refractivity contribution in [3.63, 3.8) is 0 Å². The highest BCUT2D eigenvalue weighted by Crippen LogP contribution is 2.23. The largest absolute Gasteiger partial charge is 0.394 e. The molecule has 1 saturated carbocycles. The second-order valence-electron chi connectivity index (χ2n) is 6.35. The normalized spacial score (nSPS) is 17.3. The first-order valence-corrected chi connectivity index (χ1v) is 8.26. The molecule has 1 atom stereocenters. The first-order chi connectivity index (χ1) is 11.5. The summed E-state index contributed by atoms with van der Waals surface area (Å²) < 4.78 is 2.81. The number of fused-ring (bicyclic) bond motifs is 1. The van der Waals surface area contributed by atoms with Crippen LogP contribution in [-0.4, -0.2) is 48.1 Å².